The topological polar surface area (TPSA) is 178 Å². The second kappa shape index (κ2) is 13.8. The van der Waals surface area contributed by atoms with Crippen LogP contribution in [-0.2, 0) is 35.7 Å². The molecule has 1 aromatic carbocycles. The summed E-state index contributed by atoms with van der Waals surface area (Å²) in [5.74, 6) is -2.28. The first kappa shape index (κ1) is 36.6. The normalized spacial score (nSPS) is 28.1. The number of hydrogen-bond acceptors (Lipinski definition) is 9. The van der Waals surface area contributed by atoms with Crippen molar-refractivity contribution in [2.45, 2.75) is 133 Å². The molecule has 0 bridgehead atoms. The molecule has 6 rings (SSSR count). The summed E-state index contributed by atoms with van der Waals surface area (Å²) in [6.45, 7) is 9.36. The first-order chi connectivity index (χ1) is 24.1. The standard InChI is InChI=1S/C36H50N6O8S/c1-6-41-27-17-13-12-15-25(27)37-32(41)49-24-20-28-29(43)39-36(31(45)40-51(47,48)35(5)18-19-35)21-23(36)14-10-8-7-9-11-16-26(30(44)42(28)22-24)38-33(46)50-34(2,3)4/h10,12-15,17,23-24,26,28H,6-9,11,16,18-22H2,1-5H3,(H,38,46)(H,39,43)(H,40,45)/t23-,24-,26+,28+,36-/m1/s1. The van der Waals surface area contributed by atoms with Gasteiger partial charge in [-0.25, -0.2) is 13.2 Å². The van der Waals surface area contributed by atoms with E-state index in [4.69, 9.17) is 9.47 Å². The van der Waals surface area contributed by atoms with Crippen molar-refractivity contribution >= 4 is 44.9 Å². The first-order valence-electron chi connectivity index (χ1n) is 18.0. The lowest BCUT2D eigenvalue weighted by Crippen LogP contribution is -2.58. The third kappa shape index (κ3) is 7.73. The molecule has 4 aliphatic rings. The number of imidazole rings is 1. The van der Waals surface area contributed by atoms with Crippen molar-refractivity contribution in [3.05, 3.63) is 36.4 Å². The highest BCUT2D eigenvalue weighted by Crippen LogP contribution is 2.47. The Bertz CT molecular complexity index is 1830. The third-order valence-corrected chi connectivity index (χ3v) is 12.5. The fourth-order valence-corrected chi connectivity index (χ4v) is 8.31. The number of benzene rings is 1. The number of nitrogens with one attached hydrogen (secondary N) is 3. The Morgan fingerprint density at radius 1 is 1.12 bits per heavy atom. The van der Waals surface area contributed by atoms with Gasteiger partial charge in [-0.15, -0.1) is 0 Å². The Morgan fingerprint density at radius 3 is 2.57 bits per heavy atom. The Kier molecular flexibility index (Phi) is 9.90. The van der Waals surface area contributed by atoms with Crippen LogP contribution in [0.3, 0.4) is 0 Å². The Labute approximate surface area is 299 Å². The lowest BCUT2D eigenvalue weighted by Gasteiger charge is -2.30. The van der Waals surface area contributed by atoms with Gasteiger partial charge in [0.25, 0.3) is 11.9 Å². The van der Waals surface area contributed by atoms with Crippen LogP contribution in [0.15, 0.2) is 36.4 Å². The molecule has 4 amide bonds. The Hall–Kier alpha value is -4.14. The predicted octanol–water partition coefficient (Wildman–Crippen LogP) is 3.69. The van der Waals surface area contributed by atoms with Gasteiger partial charge in [-0.2, -0.15) is 4.98 Å². The molecule has 15 heteroatoms. The molecule has 278 valence electrons. The number of para-hydroxylation sites is 2. The molecule has 51 heavy (non-hydrogen) atoms. The monoisotopic (exact) mass is 726 g/mol. The number of nitrogens with zero attached hydrogens (tertiary/aromatic N) is 3. The van der Waals surface area contributed by atoms with Crippen molar-refractivity contribution in [1.29, 1.82) is 0 Å². The number of aryl methyl sites for hydroxylation is 1. The molecule has 3 fully saturated rings. The average Bonchev–Trinajstić information content (AvgIpc) is 3.88. The zero-order valence-electron chi connectivity index (χ0n) is 30.1. The molecule has 2 aromatic rings. The highest BCUT2D eigenvalue weighted by molar-refractivity contribution is 7.91. The molecule has 2 aliphatic heterocycles. The maximum absolute atomic E-state index is 14.4. The number of amides is 4. The van der Waals surface area contributed by atoms with E-state index in [0.29, 0.717) is 44.7 Å². The van der Waals surface area contributed by atoms with E-state index in [1.807, 2.05) is 47.9 Å². The number of hydrogen-bond donors (Lipinski definition) is 3. The number of ether oxygens (including phenoxy) is 2. The molecule has 3 N–H and O–H groups in total. The fraction of sp³-hybridized carbons (Fsp3) is 0.639. The van der Waals surface area contributed by atoms with Gasteiger partial charge in [0.2, 0.25) is 21.8 Å². The van der Waals surface area contributed by atoms with Gasteiger partial charge in [0.1, 0.15) is 29.3 Å². The van der Waals surface area contributed by atoms with Gasteiger partial charge >= 0.3 is 6.09 Å². The molecule has 3 heterocycles. The van der Waals surface area contributed by atoms with Crippen LogP contribution in [0.4, 0.5) is 4.79 Å². The summed E-state index contributed by atoms with van der Waals surface area (Å²) in [5.41, 5.74) is -0.661. The number of rotatable bonds is 7. The molecule has 2 aliphatic carbocycles. The number of aromatic nitrogens is 2. The molecule has 0 radical (unpaired) electrons. The third-order valence-electron chi connectivity index (χ3n) is 10.4. The minimum Gasteiger partial charge on any atom is -0.459 e. The number of carbonyl (C=O) groups is 4. The molecule has 5 atom stereocenters. The minimum atomic E-state index is -3.97. The molecular weight excluding hydrogens is 676 g/mol. The fourth-order valence-electron chi connectivity index (χ4n) is 6.99. The van der Waals surface area contributed by atoms with Crippen molar-refractivity contribution in [2.75, 3.05) is 6.54 Å². The number of carbonyl (C=O) groups excluding carboxylic acids is 4. The van der Waals surface area contributed by atoms with E-state index in [1.165, 1.54) is 4.90 Å². The molecule has 1 aromatic heterocycles. The quantitative estimate of drug-likeness (QED) is 0.359. The van der Waals surface area contributed by atoms with E-state index in [9.17, 15) is 27.6 Å². The number of fused-ring (bicyclic) bond motifs is 3. The van der Waals surface area contributed by atoms with Gasteiger partial charge in [-0.05, 0) is 85.3 Å². The van der Waals surface area contributed by atoms with Gasteiger partial charge in [-0.1, -0.05) is 37.1 Å². The van der Waals surface area contributed by atoms with Crippen LogP contribution in [0.25, 0.3) is 11.0 Å². The summed E-state index contributed by atoms with van der Waals surface area (Å²) >= 11 is 0. The SMILES string of the molecule is CCn1c(O[C@@H]2C[C@H]3C(=O)N[C@]4(C(=O)NS(=O)(=O)C5(C)CC5)C[C@H]4C=CCCCCC[C@H](NC(=O)OC(C)(C)C)C(=O)N3C2)nc2ccccc21. The van der Waals surface area contributed by atoms with Crippen LogP contribution in [-0.4, -0.2) is 87.3 Å². The molecular formula is C36H50N6O8S. The van der Waals surface area contributed by atoms with E-state index in [2.05, 4.69) is 20.3 Å². The Balaban J connectivity index is 1.31. The summed E-state index contributed by atoms with van der Waals surface area (Å²) in [6.07, 6.45) is 6.87. The van der Waals surface area contributed by atoms with E-state index in [0.717, 1.165) is 23.9 Å². The summed E-state index contributed by atoms with van der Waals surface area (Å²) in [5, 5.41) is 5.64. The van der Waals surface area contributed by atoms with E-state index < -0.39 is 73.8 Å². The van der Waals surface area contributed by atoms with Crippen LogP contribution in [0.5, 0.6) is 6.01 Å². The van der Waals surface area contributed by atoms with E-state index in [1.54, 1.807) is 27.7 Å². The second-order valence-corrected chi connectivity index (χ2v) is 17.7. The van der Waals surface area contributed by atoms with Crippen molar-refractivity contribution < 1.29 is 37.1 Å². The molecule has 1 saturated heterocycles. The molecule has 14 nitrogen and oxygen atoms in total. The summed E-state index contributed by atoms with van der Waals surface area (Å²) in [6, 6.07) is 5.91. The molecule has 0 spiro atoms. The average molecular weight is 727 g/mol. The zero-order chi connectivity index (χ0) is 36.8. The van der Waals surface area contributed by atoms with Crippen LogP contribution >= 0.6 is 0 Å². The Morgan fingerprint density at radius 2 is 1.86 bits per heavy atom. The highest BCUT2D eigenvalue weighted by atomic mass is 32.2. The maximum Gasteiger partial charge on any atom is 0.408 e. The van der Waals surface area contributed by atoms with Crippen LogP contribution < -0.4 is 20.1 Å². The lowest BCUT2D eigenvalue weighted by molar-refractivity contribution is -0.141. The van der Waals surface area contributed by atoms with Crippen molar-refractivity contribution in [2.24, 2.45) is 5.92 Å². The van der Waals surface area contributed by atoms with Gasteiger partial charge in [-0.3, -0.25) is 23.7 Å². The highest BCUT2D eigenvalue weighted by Gasteiger charge is 2.63. The number of sulfonamides is 1. The second-order valence-electron chi connectivity index (χ2n) is 15.5. The summed E-state index contributed by atoms with van der Waals surface area (Å²) in [4.78, 5) is 61.5. The summed E-state index contributed by atoms with van der Waals surface area (Å²) in [7, 11) is -3.97. The van der Waals surface area contributed by atoms with Gasteiger partial charge in [0.15, 0.2) is 0 Å². The largest absolute Gasteiger partial charge is 0.459 e. The lowest BCUT2D eigenvalue weighted by atomic mass is 10.0. The maximum atomic E-state index is 14.4. The van der Waals surface area contributed by atoms with Crippen LogP contribution in [0.2, 0.25) is 0 Å². The molecule has 2 saturated carbocycles. The van der Waals surface area contributed by atoms with Crippen molar-refractivity contribution in [3.63, 3.8) is 0 Å². The van der Waals surface area contributed by atoms with Gasteiger partial charge < -0.3 is 25.0 Å². The number of allylic oxidation sites excluding steroid dienone is 1. The van der Waals surface area contributed by atoms with E-state index in [-0.39, 0.29) is 19.4 Å². The van der Waals surface area contributed by atoms with E-state index >= 15 is 0 Å². The van der Waals surface area contributed by atoms with Gasteiger partial charge in [0, 0.05) is 18.9 Å². The van der Waals surface area contributed by atoms with Gasteiger partial charge in [0.05, 0.1) is 22.3 Å². The van der Waals surface area contributed by atoms with Crippen LogP contribution in [0, 0.1) is 5.92 Å². The van der Waals surface area contributed by atoms with Crippen LogP contribution in [0.1, 0.15) is 92.4 Å². The summed E-state index contributed by atoms with van der Waals surface area (Å²) < 4.78 is 41.3. The number of alkyl carbamates (subject to hydrolysis) is 1. The smallest absolute Gasteiger partial charge is 0.408 e. The zero-order valence-corrected chi connectivity index (χ0v) is 30.9. The first-order valence-corrected chi connectivity index (χ1v) is 19.5. The molecule has 0 unspecified atom stereocenters. The van der Waals surface area contributed by atoms with Crippen molar-refractivity contribution in [1.82, 2.24) is 29.8 Å². The predicted molar refractivity (Wildman–Crippen MR) is 189 cm³/mol. The van der Waals surface area contributed by atoms with Crippen molar-refractivity contribution in [3.8, 4) is 6.01 Å². The minimum absolute atomic E-state index is 0.0194.